The van der Waals surface area contributed by atoms with E-state index < -0.39 is 0 Å². The zero-order valence-electron chi connectivity index (χ0n) is 14.8. The Morgan fingerprint density at radius 2 is 1.64 bits per heavy atom. The first-order valence-corrected chi connectivity index (χ1v) is 8.80. The average molecular weight is 333 g/mol. The minimum absolute atomic E-state index is 0.963. The molecule has 1 saturated heterocycles. The molecule has 0 N–H and O–H groups in total. The van der Waals surface area contributed by atoms with Gasteiger partial charge >= 0.3 is 0 Å². The van der Waals surface area contributed by atoms with E-state index in [1.165, 1.54) is 11.1 Å². The lowest BCUT2D eigenvalue weighted by molar-refractivity contribution is 0.249. The van der Waals surface area contributed by atoms with Crippen molar-refractivity contribution in [3.05, 3.63) is 59.5 Å². The van der Waals surface area contributed by atoms with E-state index in [1.807, 2.05) is 36.7 Å². The van der Waals surface area contributed by atoms with Crippen LogP contribution in [0.4, 0.5) is 5.82 Å². The van der Waals surface area contributed by atoms with Gasteiger partial charge in [-0.2, -0.15) is 0 Å². The molecule has 0 unspecified atom stereocenters. The molecular weight excluding hydrogens is 310 g/mol. The number of aryl methyl sites for hydroxylation is 2. The number of hydrogen-bond donors (Lipinski definition) is 0. The molecule has 0 amide bonds. The Hall–Kier alpha value is -2.53. The summed E-state index contributed by atoms with van der Waals surface area (Å²) in [5.41, 5.74) is 5.45. The SMILES string of the molecule is Cc1cncc(CN2CCN(c3nc4ccccc4nc3C)CC2)c1. The Bertz CT molecular complexity index is 884. The smallest absolute Gasteiger partial charge is 0.150 e. The third-order valence-corrected chi connectivity index (χ3v) is 4.73. The van der Waals surface area contributed by atoms with E-state index in [2.05, 4.69) is 34.7 Å². The number of fused-ring (bicyclic) bond motifs is 1. The number of nitrogens with zero attached hydrogens (tertiary/aromatic N) is 5. The lowest BCUT2D eigenvalue weighted by Crippen LogP contribution is -2.46. The minimum atomic E-state index is 0.963. The van der Waals surface area contributed by atoms with Crippen molar-refractivity contribution in [3.63, 3.8) is 0 Å². The Morgan fingerprint density at radius 3 is 2.36 bits per heavy atom. The van der Waals surface area contributed by atoms with Gasteiger partial charge in [-0.3, -0.25) is 9.88 Å². The van der Waals surface area contributed by atoms with E-state index in [-0.39, 0.29) is 0 Å². The first kappa shape index (κ1) is 16.0. The molecule has 0 atom stereocenters. The molecule has 3 aromatic rings. The molecule has 25 heavy (non-hydrogen) atoms. The molecule has 0 bridgehead atoms. The third kappa shape index (κ3) is 3.46. The monoisotopic (exact) mass is 333 g/mol. The zero-order chi connectivity index (χ0) is 17.2. The van der Waals surface area contributed by atoms with Gasteiger partial charge in [-0.15, -0.1) is 0 Å². The van der Waals surface area contributed by atoms with E-state index in [1.54, 1.807) is 0 Å². The summed E-state index contributed by atoms with van der Waals surface area (Å²) >= 11 is 0. The van der Waals surface area contributed by atoms with E-state index in [4.69, 9.17) is 9.97 Å². The van der Waals surface area contributed by atoms with Gasteiger partial charge in [0.1, 0.15) is 0 Å². The topological polar surface area (TPSA) is 45.2 Å². The number of rotatable bonds is 3. The summed E-state index contributed by atoms with van der Waals surface area (Å²) in [6.45, 7) is 9.13. The minimum Gasteiger partial charge on any atom is -0.353 e. The predicted molar refractivity (Wildman–Crippen MR) is 101 cm³/mol. The van der Waals surface area contributed by atoms with Crippen LogP contribution in [0.2, 0.25) is 0 Å². The summed E-state index contributed by atoms with van der Waals surface area (Å²) in [6.07, 6.45) is 3.88. The van der Waals surface area contributed by atoms with Gasteiger partial charge in [0.05, 0.1) is 16.7 Å². The summed E-state index contributed by atoms with van der Waals surface area (Å²) in [6, 6.07) is 10.3. The molecule has 1 fully saturated rings. The van der Waals surface area contributed by atoms with Gasteiger partial charge in [0.25, 0.3) is 0 Å². The maximum Gasteiger partial charge on any atom is 0.150 e. The van der Waals surface area contributed by atoms with Crippen LogP contribution in [0.1, 0.15) is 16.8 Å². The van der Waals surface area contributed by atoms with Crippen molar-refractivity contribution in [2.24, 2.45) is 0 Å². The van der Waals surface area contributed by atoms with Gasteiger partial charge in [-0.25, -0.2) is 9.97 Å². The number of benzene rings is 1. The summed E-state index contributed by atoms with van der Waals surface area (Å²) in [5.74, 6) is 1.02. The summed E-state index contributed by atoms with van der Waals surface area (Å²) in [5, 5.41) is 0. The average Bonchev–Trinajstić information content (AvgIpc) is 2.62. The number of hydrogen-bond acceptors (Lipinski definition) is 5. The van der Waals surface area contributed by atoms with Gasteiger partial charge in [0.15, 0.2) is 5.82 Å². The second-order valence-corrected chi connectivity index (χ2v) is 6.76. The van der Waals surface area contributed by atoms with Crippen LogP contribution < -0.4 is 4.90 Å². The van der Waals surface area contributed by atoms with Crippen LogP contribution in [0, 0.1) is 13.8 Å². The number of anilines is 1. The normalized spacial score (nSPS) is 15.7. The van der Waals surface area contributed by atoms with Crippen LogP contribution in [0.15, 0.2) is 42.7 Å². The van der Waals surface area contributed by atoms with Crippen LogP contribution in [0.5, 0.6) is 0 Å². The third-order valence-electron chi connectivity index (χ3n) is 4.73. The lowest BCUT2D eigenvalue weighted by atomic mass is 10.2. The highest BCUT2D eigenvalue weighted by atomic mass is 15.3. The molecule has 1 aromatic carbocycles. The standard InChI is InChI=1S/C20H23N5/c1-15-11-17(13-21-12-15)14-24-7-9-25(10-8-24)20-16(2)22-18-5-3-4-6-19(18)23-20/h3-6,11-13H,7-10,14H2,1-2H3. The van der Waals surface area contributed by atoms with Crippen LogP contribution in [0.25, 0.3) is 11.0 Å². The van der Waals surface area contributed by atoms with E-state index in [9.17, 15) is 0 Å². The molecule has 5 nitrogen and oxygen atoms in total. The Labute approximate surface area is 148 Å². The quantitative estimate of drug-likeness (QED) is 0.737. The highest BCUT2D eigenvalue weighted by molar-refractivity contribution is 5.76. The Morgan fingerprint density at radius 1 is 0.920 bits per heavy atom. The van der Waals surface area contributed by atoms with Crippen molar-refractivity contribution in [1.29, 1.82) is 0 Å². The van der Waals surface area contributed by atoms with E-state index >= 15 is 0 Å². The van der Waals surface area contributed by atoms with Gasteiger partial charge in [0.2, 0.25) is 0 Å². The van der Waals surface area contributed by atoms with Crippen molar-refractivity contribution >= 4 is 16.9 Å². The number of pyridine rings is 1. The van der Waals surface area contributed by atoms with Crippen LogP contribution in [0.3, 0.4) is 0 Å². The summed E-state index contributed by atoms with van der Waals surface area (Å²) in [7, 11) is 0. The number of para-hydroxylation sites is 2. The molecule has 4 rings (SSSR count). The van der Waals surface area contributed by atoms with Gasteiger partial charge in [0, 0.05) is 45.1 Å². The molecule has 1 aliphatic heterocycles. The molecule has 3 heterocycles. The molecule has 5 heteroatoms. The highest BCUT2D eigenvalue weighted by Gasteiger charge is 2.20. The maximum atomic E-state index is 4.85. The summed E-state index contributed by atoms with van der Waals surface area (Å²) < 4.78 is 0. The molecular formula is C20H23N5. The first-order chi connectivity index (χ1) is 12.2. The van der Waals surface area contributed by atoms with Crippen molar-refractivity contribution < 1.29 is 0 Å². The molecule has 0 saturated carbocycles. The first-order valence-electron chi connectivity index (χ1n) is 8.80. The number of piperazine rings is 1. The van der Waals surface area contributed by atoms with Crippen LogP contribution >= 0.6 is 0 Å². The van der Waals surface area contributed by atoms with Crippen LogP contribution in [-0.4, -0.2) is 46.0 Å². The van der Waals surface area contributed by atoms with Gasteiger partial charge < -0.3 is 4.90 Å². The molecule has 0 aliphatic carbocycles. The molecule has 0 radical (unpaired) electrons. The zero-order valence-corrected chi connectivity index (χ0v) is 14.8. The second kappa shape index (κ2) is 6.76. The fourth-order valence-corrected chi connectivity index (χ4v) is 3.46. The lowest BCUT2D eigenvalue weighted by Gasteiger charge is -2.35. The largest absolute Gasteiger partial charge is 0.353 e. The fourth-order valence-electron chi connectivity index (χ4n) is 3.46. The van der Waals surface area contributed by atoms with E-state index in [0.717, 1.165) is 55.3 Å². The second-order valence-electron chi connectivity index (χ2n) is 6.76. The van der Waals surface area contributed by atoms with Crippen molar-refractivity contribution in [2.75, 3.05) is 31.1 Å². The highest BCUT2D eigenvalue weighted by Crippen LogP contribution is 2.21. The van der Waals surface area contributed by atoms with Crippen molar-refractivity contribution in [1.82, 2.24) is 19.9 Å². The molecule has 128 valence electrons. The molecule has 2 aromatic heterocycles. The van der Waals surface area contributed by atoms with Gasteiger partial charge in [-0.1, -0.05) is 18.2 Å². The van der Waals surface area contributed by atoms with Crippen molar-refractivity contribution in [2.45, 2.75) is 20.4 Å². The Balaban J connectivity index is 1.46. The fraction of sp³-hybridized carbons (Fsp3) is 0.350. The molecule has 0 spiro atoms. The number of aromatic nitrogens is 3. The maximum absolute atomic E-state index is 4.85. The van der Waals surface area contributed by atoms with Crippen molar-refractivity contribution in [3.8, 4) is 0 Å². The Kier molecular flexibility index (Phi) is 4.32. The van der Waals surface area contributed by atoms with Crippen LogP contribution in [-0.2, 0) is 6.54 Å². The molecule has 1 aliphatic rings. The predicted octanol–water partition coefficient (Wildman–Crippen LogP) is 2.96. The summed E-state index contributed by atoms with van der Waals surface area (Å²) in [4.78, 5) is 18.7. The van der Waals surface area contributed by atoms with Gasteiger partial charge in [-0.05, 0) is 37.1 Å². The van der Waals surface area contributed by atoms with E-state index in [0.29, 0.717) is 0 Å².